The van der Waals surface area contributed by atoms with E-state index in [0.717, 1.165) is 0 Å². The molecule has 1 fully saturated rings. The molecule has 0 radical (unpaired) electrons. The largest absolute Gasteiger partial charge is 0.504 e. The molecule has 2 rings (SSSR count). The number of ether oxygens (including phenoxy) is 1. The van der Waals surface area contributed by atoms with Crippen LogP contribution in [0.1, 0.15) is 5.56 Å². The second-order valence-electron chi connectivity index (χ2n) is 3.28. The molecule has 0 spiro atoms. The van der Waals surface area contributed by atoms with Gasteiger partial charge in [-0.15, -0.1) is 0 Å². The molecule has 0 atom stereocenters. The van der Waals surface area contributed by atoms with Gasteiger partial charge in [-0.2, -0.15) is 0 Å². The first-order valence-corrected chi connectivity index (χ1v) is 5.94. The number of thioether (sulfide) groups is 1. The van der Waals surface area contributed by atoms with Gasteiger partial charge in [-0.05, 0) is 23.8 Å². The Morgan fingerprint density at radius 1 is 1.53 bits per heavy atom. The van der Waals surface area contributed by atoms with Crippen molar-refractivity contribution >= 4 is 40.3 Å². The molecule has 0 aromatic heterocycles. The average Bonchev–Trinajstić information content (AvgIpc) is 2.58. The highest BCUT2D eigenvalue weighted by molar-refractivity contribution is 8.26. The van der Waals surface area contributed by atoms with E-state index in [1.807, 2.05) is 0 Å². The molecule has 0 unspecified atom stereocenters. The maximum absolute atomic E-state index is 11.4. The van der Waals surface area contributed by atoms with Crippen molar-refractivity contribution in [2.24, 2.45) is 0 Å². The number of aromatic hydroxyl groups is 1. The third-order valence-electron chi connectivity index (χ3n) is 2.14. The number of hydrogen-bond acceptors (Lipinski definition) is 5. The molecule has 1 aromatic rings. The number of methoxy groups -OCH3 is 1. The molecule has 6 heteroatoms. The van der Waals surface area contributed by atoms with Gasteiger partial charge in [0.1, 0.15) is 4.32 Å². The minimum absolute atomic E-state index is 0.0350. The van der Waals surface area contributed by atoms with Gasteiger partial charge in [-0.25, -0.2) is 0 Å². The van der Waals surface area contributed by atoms with Crippen molar-refractivity contribution in [3.63, 3.8) is 0 Å². The fourth-order valence-corrected chi connectivity index (χ4v) is 2.41. The Bertz CT molecular complexity index is 525. The van der Waals surface area contributed by atoms with Crippen molar-refractivity contribution in [3.8, 4) is 11.5 Å². The maximum atomic E-state index is 11.4. The molecule has 0 saturated carbocycles. The van der Waals surface area contributed by atoms with E-state index in [9.17, 15) is 9.90 Å². The van der Waals surface area contributed by atoms with Crippen LogP contribution in [0.3, 0.4) is 0 Å². The molecular weight excluding hydrogens is 258 g/mol. The van der Waals surface area contributed by atoms with E-state index in [1.54, 1.807) is 18.2 Å². The molecular formula is C11H9NO3S2. The SMILES string of the molecule is COc1ccc(/C=C2\SC(=S)NC2=O)cc1O. The Balaban J connectivity index is 2.30. The lowest BCUT2D eigenvalue weighted by Gasteiger charge is -2.03. The summed E-state index contributed by atoms with van der Waals surface area (Å²) < 4.78 is 5.38. The average molecular weight is 267 g/mol. The van der Waals surface area contributed by atoms with Crippen LogP contribution in [0, 0.1) is 0 Å². The van der Waals surface area contributed by atoms with Crippen molar-refractivity contribution in [1.29, 1.82) is 0 Å². The first-order valence-electron chi connectivity index (χ1n) is 4.72. The zero-order valence-corrected chi connectivity index (χ0v) is 10.5. The third kappa shape index (κ3) is 2.59. The van der Waals surface area contributed by atoms with E-state index < -0.39 is 0 Å². The molecule has 0 aliphatic carbocycles. The van der Waals surface area contributed by atoms with E-state index in [2.05, 4.69) is 5.32 Å². The molecule has 1 amide bonds. The summed E-state index contributed by atoms with van der Waals surface area (Å²) in [5.41, 5.74) is 0.714. The number of hydrogen-bond donors (Lipinski definition) is 2. The highest BCUT2D eigenvalue weighted by Crippen LogP contribution is 2.30. The summed E-state index contributed by atoms with van der Waals surface area (Å²) in [5, 5.41) is 12.1. The Morgan fingerprint density at radius 2 is 2.29 bits per heavy atom. The lowest BCUT2D eigenvalue weighted by molar-refractivity contribution is -0.115. The van der Waals surface area contributed by atoms with Crippen LogP contribution in [0.4, 0.5) is 0 Å². The Labute approximate surface area is 108 Å². The van der Waals surface area contributed by atoms with E-state index in [-0.39, 0.29) is 11.7 Å². The van der Waals surface area contributed by atoms with Crippen molar-refractivity contribution in [1.82, 2.24) is 5.32 Å². The topological polar surface area (TPSA) is 58.6 Å². The number of thiocarbonyl (C=S) groups is 1. The number of carbonyl (C=O) groups is 1. The summed E-state index contributed by atoms with van der Waals surface area (Å²) in [7, 11) is 1.48. The predicted octanol–water partition coefficient (Wildman–Crippen LogP) is 1.89. The summed E-state index contributed by atoms with van der Waals surface area (Å²) in [6.45, 7) is 0. The highest BCUT2D eigenvalue weighted by atomic mass is 32.2. The van der Waals surface area contributed by atoms with Gasteiger partial charge in [0.15, 0.2) is 11.5 Å². The molecule has 1 aromatic carbocycles. The number of benzene rings is 1. The van der Waals surface area contributed by atoms with E-state index >= 15 is 0 Å². The summed E-state index contributed by atoms with van der Waals surface area (Å²) in [5.74, 6) is 0.217. The van der Waals surface area contributed by atoms with Crippen molar-refractivity contribution in [3.05, 3.63) is 28.7 Å². The quantitative estimate of drug-likeness (QED) is 0.633. The van der Waals surface area contributed by atoms with Gasteiger partial charge in [0.2, 0.25) is 0 Å². The van der Waals surface area contributed by atoms with Crippen LogP contribution in [-0.4, -0.2) is 22.4 Å². The summed E-state index contributed by atoms with van der Waals surface area (Å²) >= 11 is 6.08. The van der Waals surface area contributed by atoms with Crippen molar-refractivity contribution < 1.29 is 14.6 Å². The van der Waals surface area contributed by atoms with Gasteiger partial charge in [-0.3, -0.25) is 4.79 Å². The second-order valence-corrected chi connectivity index (χ2v) is 5.00. The number of rotatable bonds is 2. The molecule has 88 valence electrons. The van der Waals surface area contributed by atoms with Gasteiger partial charge >= 0.3 is 0 Å². The number of amides is 1. The van der Waals surface area contributed by atoms with E-state index in [4.69, 9.17) is 17.0 Å². The van der Waals surface area contributed by atoms with Crippen LogP contribution < -0.4 is 10.1 Å². The smallest absolute Gasteiger partial charge is 0.263 e. The number of phenolic OH excluding ortho intramolecular Hbond substituents is 1. The van der Waals surface area contributed by atoms with E-state index in [1.165, 1.54) is 24.9 Å². The molecule has 2 N–H and O–H groups in total. The Hall–Kier alpha value is -1.53. The number of carbonyl (C=O) groups excluding carboxylic acids is 1. The minimum atomic E-state index is -0.213. The Morgan fingerprint density at radius 3 is 2.82 bits per heavy atom. The lowest BCUT2D eigenvalue weighted by atomic mass is 10.2. The van der Waals surface area contributed by atoms with Crippen molar-refractivity contribution in [2.45, 2.75) is 0 Å². The zero-order chi connectivity index (χ0) is 12.4. The number of phenols is 1. The Kier molecular flexibility index (Phi) is 3.35. The fourth-order valence-electron chi connectivity index (χ4n) is 1.37. The third-order valence-corrected chi connectivity index (χ3v) is 3.31. The molecule has 17 heavy (non-hydrogen) atoms. The minimum Gasteiger partial charge on any atom is -0.504 e. The van der Waals surface area contributed by atoms with Crippen LogP contribution in [0.15, 0.2) is 23.1 Å². The second kappa shape index (κ2) is 4.77. The molecule has 1 aliphatic heterocycles. The van der Waals surface area contributed by atoms with Crippen LogP contribution in [0.25, 0.3) is 6.08 Å². The van der Waals surface area contributed by atoms with Gasteiger partial charge in [0.05, 0.1) is 12.0 Å². The molecule has 1 saturated heterocycles. The van der Waals surface area contributed by atoms with Gasteiger partial charge in [-0.1, -0.05) is 30.0 Å². The van der Waals surface area contributed by atoms with Crippen LogP contribution in [-0.2, 0) is 4.79 Å². The summed E-state index contributed by atoms with van der Waals surface area (Å²) in [6, 6.07) is 4.92. The van der Waals surface area contributed by atoms with Crippen LogP contribution >= 0.6 is 24.0 Å². The first-order chi connectivity index (χ1) is 8.10. The van der Waals surface area contributed by atoms with Gasteiger partial charge < -0.3 is 15.2 Å². The van der Waals surface area contributed by atoms with Gasteiger partial charge in [0.25, 0.3) is 5.91 Å². The first kappa shape index (κ1) is 11.9. The number of nitrogens with one attached hydrogen (secondary N) is 1. The summed E-state index contributed by atoms with van der Waals surface area (Å²) in [4.78, 5) is 11.9. The van der Waals surface area contributed by atoms with Crippen LogP contribution in [0.5, 0.6) is 11.5 Å². The van der Waals surface area contributed by atoms with Gasteiger partial charge in [0, 0.05) is 0 Å². The zero-order valence-electron chi connectivity index (χ0n) is 8.89. The van der Waals surface area contributed by atoms with Crippen molar-refractivity contribution in [2.75, 3.05) is 7.11 Å². The predicted molar refractivity (Wildman–Crippen MR) is 71.0 cm³/mol. The maximum Gasteiger partial charge on any atom is 0.263 e. The summed E-state index contributed by atoms with van der Waals surface area (Å²) in [6.07, 6.45) is 1.67. The fraction of sp³-hybridized carbons (Fsp3) is 0.0909. The lowest BCUT2D eigenvalue weighted by Crippen LogP contribution is -2.17. The molecule has 1 heterocycles. The standard InChI is InChI=1S/C11H9NO3S2/c1-15-8-3-2-6(4-7(8)13)5-9-10(14)12-11(16)17-9/h2-5,13H,1H3,(H,12,14,16)/b9-5-. The molecule has 0 bridgehead atoms. The monoisotopic (exact) mass is 267 g/mol. The molecule has 1 aliphatic rings. The highest BCUT2D eigenvalue weighted by Gasteiger charge is 2.21. The van der Waals surface area contributed by atoms with E-state index in [0.29, 0.717) is 20.5 Å². The van der Waals surface area contributed by atoms with Crippen LogP contribution in [0.2, 0.25) is 0 Å². The molecule has 4 nitrogen and oxygen atoms in total. The normalized spacial score (nSPS) is 17.4.